The molecule has 2 fully saturated rings. The van der Waals surface area contributed by atoms with E-state index in [0.717, 1.165) is 0 Å². The van der Waals surface area contributed by atoms with Crippen LogP contribution >= 0.6 is 11.8 Å². The topological polar surface area (TPSA) is 15.3 Å². The summed E-state index contributed by atoms with van der Waals surface area (Å²) >= 11 is 1.68. The van der Waals surface area contributed by atoms with E-state index >= 15 is 0 Å². The van der Waals surface area contributed by atoms with Crippen LogP contribution in [0.2, 0.25) is 0 Å². The Labute approximate surface area is 87.4 Å². The Bertz CT molecular complexity index is 215. The van der Waals surface area contributed by atoms with Gasteiger partial charge < -0.3 is 0 Å². The highest BCUT2D eigenvalue weighted by molar-refractivity contribution is 7.99. The minimum Gasteiger partial charge on any atom is -0.289 e. The number of hydrogen-bond donors (Lipinski definition) is 1. The minimum absolute atomic E-state index is 0.124. The molecule has 1 aliphatic carbocycles. The quantitative estimate of drug-likeness (QED) is 0.721. The summed E-state index contributed by atoms with van der Waals surface area (Å²) in [5.41, 5.74) is 0.211. The molecule has 0 bridgehead atoms. The Morgan fingerprint density at radius 3 is 2.57 bits per heavy atom. The van der Waals surface area contributed by atoms with Gasteiger partial charge in [0.15, 0.2) is 0 Å². The number of nitrogens with zero attached hydrogens (tertiary/aromatic N) is 1. The Kier molecular flexibility index (Phi) is 3.00. The molecule has 1 heterocycles. The molecule has 0 amide bonds. The summed E-state index contributed by atoms with van der Waals surface area (Å²) in [6.07, 6.45) is 0.0872. The van der Waals surface area contributed by atoms with Crippen molar-refractivity contribution in [2.24, 2.45) is 0 Å². The highest BCUT2D eigenvalue weighted by Gasteiger charge is 2.45. The summed E-state index contributed by atoms with van der Waals surface area (Å²) in [4.78, 5) is 2.12. The number of fused-ring (bicyclic) bond motifs is 1. The first-order valence-corrected chi connectivity index (χ1v) is 6.21. The molecule has 1 saturated carbocycles. The summed E-state index contributed by atoms with van der Waals surface area (Å²) in [5.74, 6) is 0. The second kappa shape index (κ2) is 3.94. The van der Waals surface area contributed by atoms with Gasteiger partial charge in [-0.1, -0.05) is 0 Å². The molecule has 0 spiro atoms. The fraction of sp³-hybridized carbons (Fsp3) is 1.00. The smallest absolute Gasteiger partial charge is 0.133 e. The molecular formula is C9H16F2N2S. The van der Waals surface area contributed by atoms with Crippen molar-refractivity contribution < 1.29 is 8.78 Å². The molecule has 0 aromatic heterocycles. The standard InChI is InChI=1S/C9H16F2N2S/c1-13-8-4-6(11)5(10)3-7(8)12-9(13)14-2/h5-9,12H,3-4H2,1-2H3. The van der Waals surface area contributed by atoms with Gasteiger partial charge in [0, 0.05) is 12.1 Å². The van der Waals surface area contributed by atoms with Gasteiger partial charge in [0.1, 0.15) is 17.8 Å². The Morgan fingerprint density at radius 2 is 1.93 bits per heavy atom. The van der Waals surface area contributed by atoms with E-state index in [2.05, 4.69) is 10.2 Å². The molecule has 5 heteroatoms. The van der Waals surface area contributed by atoms with Crippen LogP contribution in [0.15, 0.2) is 0 Å². The fourth-order valence-corrected chi connectivity index (χ4v) is 3.23. The van der Waals surface area contributed by atoms with Crippen LogP contribution in [-0.2, 0) is 0 Å². The van der Waals surface area contributed by atoms with Crippen LogP contribution in [0, 0.1) is 0 Å². The number of likely N-dealkylation sites (N-methyl/N-ethyl adjacent to an activating group) is 1. The molecule has 0 radical (unpaired) electrons. The highest BCUT2D eigenvalue weighted by Crippen LogP contribution is 2.34. The third-order valence-corrected chi connectivity index (χ3v) is 4.19. The lowest BCUT2D eigenvalue weighted by Crippen LogP contribution is -2.46. The van der Waals surface area contributed by atoms with Gasteiger partial charge >= 0.3 is 0 Å². The summed E-state index contributed by atoms with van der Waals surface area (Å²) in [6, 6.07) is 0.286. The molecule has 1 N–H and O–H groups in total. The van der Waals surface area contributed by atoms with Crippen molar-refractivity contribution in [3.05, 3.63) is 0 Å². The van der Waals surface area contributed by atoms with Crippen LogP contribution in [0.1, 0.15) is 12.8 Å². The van der Waals surface area contributed by atoms with E-state index in [1.165, 1.54) is 0 Å². The maximum atomic E-state index is 13.2. The van der Waals surface area contributed by atoms with Gasteiger partial charge in [-0.15, -0.1) is 11.8 Å². The zero-order valence-corrected chi connectivity index (χ0v) is 9.23. The van der Waals surface area contributed by atoms with Crippen LogP contribution < -0.4 is 5.32 Å². The van der Waals surface area contributed by atoms with E-state index < -0.39 is 12.3 Å². The zero-order chi connectivity index (χ0) is 10.3. The maximum absolute atomic E-state index is 13.2. The molecule has 5 atom stereocenters. The molecule has 1 aliphatic heterocycles. The lowest BCUT2D eigenvalue weighted by molar-refractivity contribution is 0.0737. The number of thioether (sulfide) groups is 1. The molecule has 2 nitrogen and oxygen atoms in total. The first kappa shape index (κ1) is 10.6. The van der Waals surface area contributed by atoms with Crippen molar-refractivity contribution >= 4 is 11.8 Å². The highest BCUT2D eigenvalue weighted by atomic mass is 32.2. The van der Waals surface area contributed by atoms with Crippen LogP contribution in [0.25, 0.3) is 0 Å². The van der Waals surface area contributed by atoms with Gasteiger partial charge in [-0.3, -0.25) is 10.2 Å². The van der Waals surface area contributed by atoms with Crippen LogP contribution in [0.5, 0.6) is 0 Å². The summed E-state index contributed by atoms with van der Waals surface area (Å²) in [6.45, 7) is 0. The van der Waals surface area contributed by atoms with E-state index in [4.69, 9.17) is 0 Å². The van der Waals surface area contributed by atoms with Gasteiger partial charge in [-0.2, -0.15) is 0 Å². The second-order valence-electron chi connectivity index (χ2n) is 4.10. The molecule has 14 heavy (non-hydrogen) atoms. The van der Waals surface area contributed by atoms with Crippen LogP contribution in [0.3, 0.4) is 0 Å². The summed E-state index contributed by atoms with van der Waals surface area (Å²) in [7, 11) is 1.98. The number of rotatable bonds is 1. The number of nitrogens with one attached hydrogen (secondary N) is 1. The summed E-state index contributed by atoms with van der Waals surface area (Å²) < 4.78 is 26.3. The van der Waals surface area contributed by atoms with Crippen molar-refractivity contribution in [3.63, 3.8) is 0 Å². The molecule has 0 aromatic carbocycles. The van der Waals surface area contributed by atoms with Crippen molar-refractivity contribution in [3.8, 4) is 0 Å². The van der Waals surface area contributed by atoms with Gasteiger partial charge in [0.2, 0.25) is 0 Å². The average Bonchev–Trinajstić information content (AvgIpc) is 2.45. The lowest BCUT2D eigenvalue weighted by Gasteiger charge is -2.32. The maximum Gasteiger partial charge on any atom is 0.133 e. The molecular weight excluding hydrogens is 206 g/mol. The monoisotopic (exact) mass is 222 g/mol. The predicted molar refractivity (Wildman–Crippen MR) is 54.8 cm³/mol. The van der Waals surface area contributed by atoms with Gasteiger partial charge in [-0.25, -0.2) is 8.78 Å². The Morgan fingerprint density at radius 1 is 1.29 bits per heavy atom. The normalized spacial score (nSPS) is 49.3. The number of alkyl halides is 2. The molecule has 82 valence electrons. The third kappa shape index (κ3) is 1.66. The van der Waals surface area contributed by atoms with E-state index in [1.807, 2.05) is 13.3 Å². The fourth-order valence-electron chi connectivity index (χ4n) is 2.43. The van der Waals surface area contributed by atoms with Crippen molar-refractivity contribution in [2.75, 3.05) is 13.3 Å². The van der Waals surface area contributed by atoms with E-state index in [9.17, 15) is 8.78 Å². The number of hydrogen-bond acceptors (Lipinski definition) is 3. The van der Waals surface area contributed by atoms with Crippen molar-refractivity contribution in [1.29, 1.82) is 0 Å². The molecule has 1 saturated heterocycles. The predicted octanol–water partition coefficient (Wildman–Crippen LogP) is 1.38. The molecule has 2 rings (SSSR count). The van der Waals surface area contributed by atoms with Gasteiger partial charge in [0.25, 0.3) is 0 Å². The first-order valence-electron chi connectivity index (χ1n) is 4.92. The first-order chi connectivity index (χ1) is 6.63. The van der Waals surface area contributed by atoms with Gasteiger partial charge in [0.05, 0.1) is 0 Å². The lowest BCUT2D eigenvalue weighted by atomic mass is 9.88. The van der Waals surface area contributed by atoms with Crippen molar-refractivity contribution in [2.45, 2.75) is 42.8 Å². The van der Waals surface area contributed by atoms with E-state index in [1.54, 1.807) is 11.8 Å². The third-order valence-electron chi connectivity index (χ3n) is 3.28. The average molecular weight is 222 g/mol. The molecule has 2 aliphatic rings. The molecule has 5 unspecified atom stereocenters. The SMILES string of the molecule is CSC1NC2CC(F)C(F)CC2N1C. The van der Waals surface area contributed by atoms with E-state index in [0.29, 0.717) is 12.8 Å². The zero-order valence-electron chi connectivity index (χ0n) is 8.41. The Balaban J connectivity index is 2.06. The summed E-state index contributed by atoms with van der Waals surface area (Å²) in [5, 5.41) is 3.33. The molecule has 0 aromatic rings. The largest absolute Gasteiger partial charge is 0.289 e. The second-order valence-corrected chi connectivity index (χ2v) is 5.02. The van der Waals surface area contributed by atoms with Crippen LogP contribution in [-0.4, -0.2) is 48.1 Å². The van der Waals surface area contributed by atoms with Gasteiger partial charge in [-0.05, 0) is 26.1 Å². The van der Waals surface area contributed by atoms with E-state index in [-0.39, 0.29) is 17.6 Å². The minimum atomic E-state index is -1.28. The van der Waals surface area contributed by atoms with Crippen LogP contribution in [0.4, 0.5) is 8.78 Å². The Hall–Kier alpha value is 0.130. The number of halogens is 2. The van der Waals surface area contributed by atoms with Crippen molar-refractivity contribution in [1.82, 2.24) is 10.2 Å².